The van der Waals surface area contributed by atoms with Crippen LogP contribution in [-0.4, -0.2) is 15.3 Å². The summed E-state index contributed by atoms with van der Waals surface area (Å²) in [6, 6.07) is 11.0. The number of aromatic nitrogens is 2. The molecular weight excluding hydrogens is 240 g/mol. The van der Waals surface area contributed by atoms with Crippen LogP contribution in [0.1, 0.15) is 16.1 Å². The van der Waals surface area contributed by atoms with Crippen LogP contribution in [0.15, 0.2) is 53.6 Å². The van der Waals surface area contributed by atoms with Crippen molar-refractivity contribution in [3.63, 3.8) is 0 Å². The van der Waals surface area contributed by atoms with Gasteiger partial charge in [-0.25, -0.2) is 0 Å². The molecule has 3 aromatic rings. The number of aldehydes is 1. The van der Waals surface area contributed by atoms with Crippen LogP contribution in [0, 0.1) is 6.92 Å². The number of aryl methyl sites for hydroxylation is 1. The molecule has 94 valence electrons. The van der Waals surface area contributed by atoms with Crippen molar-refractivity contribution in [1.29, 1.82) is 0 Å². The Labute approximate surface area is 109 Å². The van der Waals surface area contributed by atoms with Crippen molar-refractivity contribution in [1.82, 2.24) is 8.97 Å². The summed E-state index contributed by atoms with van der Waals surface area (Å²) in [7, 11) is 0. The molecule has 0 atom stereocenters. The second-order valence-corrected chi connectivity index (χ2v) is 4.40. The van der Waals surface area contributed by atoms with Crippen LogP contribution >= 0.6 is 0 Å². The highest BCUT2D eigenvalue weighted by Gasteiger charge is 2.12. The molecule has 0 radical (unpaired) electrons. The normalized spacial score (nSPS) is 10.8. The summed E-state index contributed by atoms with van der Waals surface area (Å²) in [6.07, 6.45) is 4.15. The van der Waals surface area contributed by atoms with Crippen LogP contribution < -0.4 is 5.56 Å². The fourth-order valence-electron chi connectivity index (χ4n) is 2.29. The molecule has 19 heavy (non-hydrogen) atoms. The van der Waals surface area contributed by atoms with Crippen molar-refractivity contribution in [2.24, 2.45) is 0 Å². The fraction of sp³-hybridized carbons (Fsp3) is 0.0667. The second-order valence-electron chi connectivity index (χ2n) is 4.40. The van der Waals surface area contributed by atoms with E-state index in [2.05, 4.69) is 0 Å². The van der Waals surface area contributed by atoms with Crippen molar-refractivity contribution in [3.8, 4) is 5.69 Å². The maximum Gasteiger partial charge on any atom is 0.280 e. The number of carbonyl (C=O) groups is 1. The summed E-state index contributed by atoms with van der Waals surface area (Å²) in [6.45, 7) is 1.88. The van der Waals surface area contributed by atoms with Gasteiger partial charge in [-0.3, -0.25) is 14.2 Å². The smallest absolute Gasteiger partial charge is 0.280 e. The number of rotatable bonds is 2. The van der Waals surface area contributed by atoms with Gasteiger partial charge in [0.05, 0.1) is 0 Å². The van der Waals surface area contributed by atoms with Gasteiger partial charge in [-0.2, -0.15) is 0 Å². The number of para-hydroxylation sites is 1. The zero-order valence-corrected chi connectivity index (χ0v) is 10.4. The molecule has 2 aromatic heterocycles. The van der Waals surface area contributed by atoms with E-state index in [0.29, 0.717) is 23.2 Å². The highest BCUT2D eigenvalue weighted by atomic mass is 16.1. The number of benzene rings is 1. The first kappa shape index (κ1) is 11.5. The van der Waals surface area contributed by atoms with E-state index >= 15 is 0 Å². The summed E-state index contributed by atoms with van der Waals surface area (Å²) in [5.74, 6) is 0. The van der Waals surface area contributed by atoms with Gasteiger partial charge in [0.1, 0.15) is 11.2 Å². The molecule has 0 aliphatic rings. The molecule has 0 amide bonds. The predicted molar refractivity (Wildman–Crippen MR) is 73.1 cm³/mol. The first-order valence-electron chi connectivity index (χ1n) is 5.96. The van der Waals surface area contributed by atoms with E-state index in [1.54, 1.807) is 16.8 Å². The fourth-order valence-corrected chi connectivity index (χ4v) is 2.29. The lowest BCUT2D eigenvalue weighted by molar-refractivity contribution is 0.111. The molecule has 2 heterocycles. The van der Waals surface area contributed by atoms with Gasteiger partial charge in [0, 0.05) is 18.1 Å². The summed E-state index contributed by atoms with van der Waals surface area (Å²) in [5, 5.41) is 0. The third-order valence-electron chi connectivity index (χ3n) is 3.19. The van der Waals surface area contributed by atoms with E-state index < -0.39 is 0 Å². The molecule has 1 aromatic carbocycles. The van der Waals surface area contributed by atoms with Crippen LogP contribution in [0.2, 0.25) is 0 Å². The van der Waals surface area contributed by atoms with Gasteiger partial charge in [0.25, 0.3) is 5.56 Å². The lowest BCUT2D eigenvalue weighted by atomic mass is 10.2. The molecular formula is C15H12N2O2. The number of carbonyl (C=O) groups excluding carboxylic acids is 1. The van der Waals surface area contributed by atoms with E-state index in [-0.39, 0.29) is 5.56 Å². The maximum atomic E-state index is 12.6. The van der Waals surface area contributed by atoms with Crippen LogP contribution in [0.3, 0.4) is 0 Å². The minimum Gasteiger partial charge on any atom is -0.317 e. The standard InChI is InChI=1S/C15H12N2O2/c1-11-7-8-16-9-13(10-18)17(15(19)14(11)16)12-5-3-2-4-6-12/h2-10H,1H3. The maximum absolute atomic E-state index is 12.6. The quantitative estimate of drug-likeness (QED) is 0.656. The Bertz CT molecular complexity index is 813. The van der Waals surface area contributed by atoms with E-state index in [1.165, 1.54) is 4.57 Å². The van der Waals surface area contributed by atoms with Gasteiger partial charge in [-0.15, -0.1) is 0 Å². The highest BCUT2D eigenvalue weighted by molar-refractivity contribution is 5.74. The zero-order valence-electron chi connectivity index (χ0n) is 10.4. The molecule has 0 fully saturated rings. The Morgan fingerprint density at radius 2 is 1.84 bits per heavy atom. The van der Waals surface area contributed by atoms with Crippen LogP contribution in [0.5, 0.6) is 0 Å². The summed E-state index contributed by atoms with van der Waals surface area (Å²) in [5.41, 5.74) is 2.33. The van der Waals surface area contributed by atoms with Crippen molar-refractivity contribution < 1.29 is 4.79 Å². The molecule has 0 aliphatic heterocycles. The average molecular weight is 252 g/mol. The Morgan fingerprint density at radius 3 is 2.53 bits per heavy atom. The molecule has 0 unspecified atom stereocenters. The van der Waals surface area contributed by atoms with Gasteiger partial charge >= 0.3 is 0 Å². The Kier molecular flexibility index (Phi) is 2.56. The molecule has 0 saturated carbocycles. The molecule has 4 heteroatoms. The molecule has 3 rings (SSSR count). The number of hydrogen-bond acceptors (Lipinski definition) is 2. The van der Waals surface area contributed by atoms with Crippen LogP contribution in [0.4, 0.5) is 0 Å². The van der Waals surface area contributed by atoms with Gasteiger partial charge in [-0.1, -0.05) is 18.2 Å². The highest BCUT2D eigenvalue weighted by Crippen LogP contribution is 2.12. The third-order valence-corrected chi connectivity index (χ3v) is 3.19. The van der Waals surface area contributed by atoms with Gasteiger partial charge < -0.3 is 4.40 Å². The van der Waals surface area contributed by atoms with Gasteiger partial charge in [0.15, 0.2) is 6.29 Å². The van der Waals surface area contributed by atoms with Crippen molar-refractivity contribution >= 4 is 11.8 Å². The lowest BCUT2D eigenvalue weighted by Gasteiger charge is -2.10. The van der Waals surface area contributed by atoms with E-state index in [9.17, 15) is 9.59 Å². The molecule has 0 saturated heterocycles. The van der Waals surface area contributed by atoms with E-state index in [0.717, 1.165) is 5.56 Å². The number of hydrogen-bond donors (Lipinski definition) is 0. The van der Waals surface area contributed by atoms with Crippen LogP contribution in [0.25, 0.3) is 11.2 Å². The molecule has 4 nitrogen and oxygen atoms in total. The molecule has 0 aliphatic carbocycles. The minimum absolute atomic E-state index is 0.182. The zero-order chi connectivity index (χ0) is 13.4. The molecule has 0 N–H and O–H groups in total. The summed E-state index contributed by atoms with van der Waals surface area (Å²) < 4.78 is 3.14. The summed E-state index contributed by atoms with van der Waals surface area (Å²) in [4.78, 5) is 23.8. The minimum atomic E-state index is -0.182. The topological polar surface area (TPSA) is 43.5 Å². The SMILES string of the molecule is Cc1ccn2cc(C=O)n(-c3ccccc3)c(=O)c12. The Morgan fingerprint density at radius 1 is 1.11 bits per heavy atom. The Balaban J connectivity index is 2.46. The molecule has 0 spiro atoms. The molecule has 0 bridgehead atoms. The monoisotopic (exact) mass is 252 g/mol. The van der Waals surface area contributed by atoms with Gasteiger partial charge in [-0.05, 0) is 30.7 Å². The average Bonchev–Trinajstić information content (AvgIpc) is 2.81. The van der Waals surface area contributed by atoms with Crippen molar-refractivity contribution in [2.45, 2.75) is 6.92 Å². The third kappa shape index (κ3) is 1.69. The van der Waals surface area contributed by atoms with E-state index in [4.69, 9.17) is 0 Å². The largest absolute Gasteiger partial charge is 0.317 e. The lowest BCUT2D eigenvalue weighted by Crippen LogP contribution is -2.24. The summed E-state index contributed by atoms with van der Waals surface area (Å²) >= 11 is 0. The number of nitrogens with zero attached hydrogens (tertiary/aromatic N) is 2. The van der Waals surface area contributed by atoms with E-state index in [1.807, 2.05) is 43.3 Å². The first-order chi connectivity index (χ1) is 9.22. The van der Waals surface area contributed by atoms with Crippen LogP contribution in [-0.2, 0) is 0 Å². The van der Waals surface area contributed by atoms with Crippen molar-refractivity contribution in [2.75, 3.05) is 0 Å². The second kappa shape index (κ2) is 4.24. The number of fused-ring (bicyclic) bond motifs is 1. The Hall–Kier alpha value is -2.62. The van der Waals surface area contributed by atoms with Crippen molar-refractivity contribution in [3.05, 3.63) is 70.4 Å². The first-order valence-corrected chi connectivity index (χ1v) is 5.96. The van der Waals surface area contributed by atoms with Gasteiger partial charge in [0.2, 0.25) is 0 Å². The predicted octanol–water partition coefficient (Wildman–Crippen LogP) is 2.21.